The molecule has 1 aromatic heterocycles. The average Bonchev–Trinajstić information content (AvgIpc) is 2.52. The summed E-state index contributed by atoms with van der Waals surface area (Å²) in [5.74, 6) is 8.22. The molecule has 0 saturated heterocycles. The molecule has 0 atom stereocenters. The monoisotopic (exact) mass is 217 g/mol. The van der Waals surface area contributed by atoms with Crippen molar-refractivity contribution in [3.05, 3.63) is 11.1 Å². The van der Waals surface area contributed by atoms with Gasteiger partial charge in [-0.2, -0.15) is 11.8 Å². The zero-order chi connectivity index (χ0) is 9.68. The zero-order valence-electron chi connectivity index (χ0n) is 7.91. The van der Waals surface area contributed by atoms with Crippen molar-refractivity contribution in [1.82, 2.24) is 4.98 Å². The summed E-state index contributed by atoms with van der Waals surface area (Å²) in [5.41, 5.74) is 2.54. The van der Waals surface area contributed by atoms with Crippen LogP contribution in [-0.4, -0.2) is 10.7 Å². The molecule has 13 heavy (non-hydrogen) atoms. The lowest BCUT2D eigenvalue weighted by atomic mass is 10.3. The third kappa shape index (κ3) is 3.97. The topological polar surface area (TPSA) is 50.9 Å². The van der Waals surface area contributed by atoms with Gasteiger partial charge in [-0.05, 0) is 11.7 Å². The van der Waals surface area contributed by atoms with Crippen LogP contribution in [0, 0.1) is 5.92 Å². The third-order valence-electron chi connectivity index (χ3n) is 1.37. The van der Waals surface area contributed by atoms with Crippen molar-refractivity contribution in [1.29, 1.82) is 0 Å². The molecule has 0 bridgehead atoms. The number of nitrogens with one attached hydrogen (secondary N) is 1. The molecule has 5 heteroatoms. The lowest BCUT2D eigenvalue weighted by Gasteiger charge is -2.01. The van der Waals surface area contributed by atoms with E-state index in [4.69, 9.17) is 5.84 Å². The Morgan fingerprint density at radius 1 is 1.69 bits per heavy atom. The minimum absolute atomic E-state index is 0.755. The molecular weight excluding hydrogens is 202 g/mol. The Morgan fingerprint density at radius 3 is 3.00 bits per heavy atom. The smallest absolute Gasteiger partial charge is 0.197 e. The molecular formula is C8H15N3S2. The van der Waals surface area contributed by atoms with E-state index >= 15 is 0 Å². The van der Waals surface area contributed by atoms with Gasteiger partial charge in [-0.25, -0.2) is 10.8 Å². The van der Waals surface area contributed by atoms with Gasteiger partial charge < -0.3 is 0 Å². The maximum atomic E-state index is 5.23. The Balaban J connectivity index is 2.28. The van der Waals surface area contributed by atoms with Gasteiger partial charge in [0.1, 0.15) is 0 Å². The second-order valence-electron chi connectivity index (χ2n) is 3.19. The van der Waals surface area contributed by atoms with Crippen LogP contribution < -0.4 is 11.3 Å². The predicted octanol–water partition coefficient (Wildman–Crippen LogP) is 2.32. The average molecular weight is 217 g/mol. The molecule has 3 nitrogen and oxygen atoms in total. The second-order valence-corrected chi connectivity index (χ2v) is 5.33. The second kappa shape index (κ2) is 5.47. The van der Waals surface area contributed by atoms with Crippen molar-refractivity contribution in [3.63, 3.8) is 0 Å². The van der Waals surface area contributed by atoms with Gasteiger partial charge in [0, 0.05) is 16.8 Å². The van der Waals surface area contributed by atoms with Crippen LogP contribution in [-0.2, 0) is 5.75 Å². The summed E-state index contributed by atoms with van der Waals surface area (Å²) in [4.78, 5) is 5.38. The maximum Gasteiger partial charge on any atom is 0.197 e. The first-order valence-corrected chi connectivity index (χ1v) is 6.18. The molecule has 0 aliphatic rings. The summed E-state index contributed by atoms with van der Waals surface area (Å²) >= 11 is 3.56. The van der Waals surface area contributed by atoms with E-state index in [2.05, 4.69) is 24.3 Å². The molecule has 0 amide bonds. The summed E-state index contributed by atoms with van der Waals surface area (Å²) < 4.78 is 0. The fourth-order valence-electron chi connectivity index (χ4n) is 0.836. The van der Waals surface area contributed by atoms with Gasteiger partial charge in [0.15, 0.2) is 5.13 Å². The van der Waals surface area contributed by atoms with Crippen molar-refractivity contribution in [2.45, 2.75) is 19.6 Å². The van der Waals surface area contributed by atoms with Crippen LogP contribution in [0.2, 0.25) is 0 Å². The number of hydrogen-bond acceptors (Lipinski definition) is 5. The van der Waals surface area contributed by atoms with Crippen LogP contribution in [0.3, 0.4) is 0 Å². The van der Waals surface area contributed by atoms with Crippen LogP contribution >= 0.6 is 23.1 Å². The van der Waals surface area contributed by atoms with Crippen LogP contribution in [0.15, 0.2) is 6.20 Å². The first-order valence-electron chi connectivity index (χ1n) is 4.21. The number of nitrogens with zero attached hydrogens (tertiary/aromatic N) is 1. The number of rotatable bonds is 5. The van der Waals surface area contributed by atoms with Crippen LogP contribution in [0.25, 0.3) is 0 Å². The molecule has 0 aliphatic carbocycles. The number of anilines is 1. The zero-order valence-corrected chi connectivity index (χ0v) is 9.54. The van der Waals surface area contributed by atoms with E-state index in [9.17, 15) is 0 Å². The molecule has 0 fully saturated rings. The van der Waals surface area contributed by atoms with E-state index in [0.29, 0.717) is 0 Å². The van der Waals surface area contributed by atoms with E-state index < -0.39 is 0 Å². The standard InChI is InChI=1S/C8H15N3S2/c1-6(2)4-12-5-7-3-10-8(11-9)13-7/h3,6H,4-5,9H2,1-2H3,(H,10,11). The highest BCUT2D eigenvalue weighted by Gasteiger charge is 2.01. The lowest BCUT2D eigenvalue weighted by Crippen LogP contribution is -2.05. The number of nitrogens with two attached hydrogens (primary N) is 1. The molecule has 0 aromatic carbocycles. The molecule has 0 spiro atoms. The van der Waals surface area contributed by atoms with Gasteiger partial charge in [0.05, 0.1) is 0 Å². The minimum atomic E-state index is 0.755. The molecule has 74 valence electrons. The Labute approximate surface area is 87.1 Å². The largest absolute Gasteiger partial charge is 0.300 e. The van der Waals surface area contributed by atoms with Crippen LogP contribution in [0.4, 0.5) is 5.13 Å². The Hall–Kier alpha value is -0.260. The first kappa shape index (κ1) is 10.8. The van der Waals surface area contributed by atoms with Crippen molar-refractivity contribution in [3.8, 4) is 0 Å². The number of thioether (sulfide) groups is 1. The SMILES string of the molecule is CC(C)CSCc1cnc(NN)s1. The van der Waals surface area contributed by atoms with Gasteiger partial charge in [0.2, 0.25) is 0 Å². The van der Waals surface area contributed by atoms with Crippen molar-refractivity contribution < 1.29 is 0 Å². The van der Waals surface area contributed by atoms with Crippen LogP contribution in [0.1, 0.15) is 18.7 Å². The van der Waals surface area contributed by atoms with E-state index in [1.165, 1.54) is 10.6 Å². The van der Waals surface area contributed by atoms with Gasteiger partial charge in [0.25, 0.3) is 0 Å². The summed E-state index contributed by atoms with van der Waals surface area (Å²) in [7, 11) is 0. The van der Waals surface area contributed by atoms with Gasteiger partial charge in [-0.3, -0.25) is 5.43 Å². The van der Waals surface area contributed by atoms with Gasteiger partial charge in [-0.15, -0.1) is 11.3 Å². The lowest BCUT2D eigenvalue weighted by molar-refractivity contribution is 0.750. The van der Waals surface area contributed by atoms with Gasteiger partial charge in [-0.1, -0.05) is 13.8 Å². The highest BCUT2D eigenvalue weighted by molar-refractivity contribution is 7.98. The summed E-state index contributed by atoms with van der Waals surface area (Å²) in [6.07, 6.45) is 1.88. The maximum absolute atomic E-state index is 5.23. The van der Waals surface area contributed by atoms with Crippen molar-refractivity contribution in [2.75, 3.05) is 11.2 Å². The highest BCUT2D eigenvalue weighted by atomic mass is 32.2. The fourth-order valence-corrected chi connectivity index (χ4v) is 2.70. The number of thiazole rings is 1. The van der Waals surface area contributed by atoms with E-state index in [1.807, 2.05) is 18.0 Å². The first-order chi connectivity index (χ1) is 6.22. The van der Waals surface area contributed by atoms with Crippen molar-refractivity contribution in [2.24, 2.45) is 11.8 Å². The van der Waals surface area contributed by atoms with E-state index in [1.54, 1.807) is 11.3 Å². The third-order valence-corrected chi connectivity index (χ3v) is 3.90. The molecule has 1 heterocycles. The summed E-state index contributed by atoms with van der Waals surface area (Å²) in [5, 5.41) is 0.792. The quantitative estimate of drug-likeness (QED) is 0.587. The minimum Gasteiger partial charge on any atom is -0.300 e. The Kier molecular flexibility index (Phi) is 4.55. The summed E-state index contributed by atoms with van der Waals surface area (Å²) in [6.45, 7) is 4.46. The molecule has 0 saturated carbocycles. The molecule has 0 aliphatic heterocycles. The number of hydrazine groups is 1. The Bertz CT molecular complexity index is 247. The predicted molar refractivity (Wildman–Crippen MR) is 60.9 cm³/mol. The fraction of sp³-hybridized carbons (Fsp3) is 0.625. The summed E-state index contributed by atoms with van der Waals surface area (Å²) in [6, 6.07) is 0. The van der Waals surface area contributed by atoms with Crippen molar-refractivity contribution >= 4 is 28.2 Å². The number of aromatic nitrogens is 1. The Morgan fingerprint density at radius 2 is 2.46 bits per heavy atom. The van der Waals surface area contributed by atoms with E-state index in [0.717, 1.165) is 16.8 Å². The van der Waals surface area contributed by atoms with Gasteiger partial charge >= 0.3 is 0 Å². The van der Waals surface area contributed by atoms with Crippen LogP contribution in [0.5, 0.6) is 0 Å². The molecule has 0 radical (unpaired) electrons. The number of hydrogen-bond donors (Lipinski definition) is 2. The normalized spacial score (nSPS) is 10.8. The van der Waals surface area contributed by atoms with E-state index in [-0.39, 0.29) is 0 Å². The molecule has 1 rings (SSSR count). The molecule has 1 aromatic rings. The molecule has 3 N–H and O–H groups in total. The highest BCUT2D eigenvalue weighted by Crippen LogP contribution is 2.22. The number of nitrogen functional groups attached to an aromatic ring is 1. The molecule has 0 unspecified atom stereocenters.